The molecule has 0 spiro atoms. The van der Waals surface area contributed by atoms with Crippen molar-refractivity contribution in [2.75, 3.05) is 5.73 Å². The molecule has 0 aliphatic rings. The molecule has 0 radical (unpaired) electrons. The van der Waals surface area contributed by atoms with Gasteiger partial charge in [-0.15, -0.1) is 0 Å². The Kier molecular flexibility index (Phi) is 4.31. The number of hydrogen-bond donors (Lipinski definition) is 1. The number of carbonyl (C=O) groups is 1. The number of nitrogens with two attached hydrogens (primary N) is 1. The number of nitrogens with zero attached hydrogens (tertiary/aromatic N) is 2. The van der Waals surface area contributed by atoms with Gasteiger partial charge in [0.05, 0.1) is 19.2 Å². The number of esters is 1. The summed E-state index contributed by atoms with van der Waals surface area (Å²) in [6.07, 6.45) is 4.00. The zero-order valence-electron chi connectivity index (χ0n) is 12.7. The van der Waals surface area contributed by atoms with Crippen LogP contribution in [-0.2, 0) is 16.1 Å². The van der Waals surface area contributed by atoms with Gasteiger partial charge in [-0.1, -0.05) is 12.1 Å². The zero-order valence-corrected chi connectivity index (χ0v) is 12.7. The molecule has 0 aliphatic heterocycles. The van der Waals surface area contributed by atoms with E-state index in [-0.39, 0.29) is 5.97 Å². The smallest absolute Gasteiger partial charge is 0.308 e. The van der Waals surface area contributed by atoms with Crippen LogP contribution in [0.15, 0.2) is 36.7 Å². The van der Waals surface area contributed by atoms with Crippen LogP contribution in [0, 0.1) is 0 Å². The lowest BCUT2D eigenvalue weighted by Gasteiger charge is -2.19. The summed E-state index contributed by atoms with van der Waals surface area (Å²) < 4.78 is 7.02. The van der Waals surface area contributed by atoms with Crippen molar-refractivity contribution in [2.24, 2.45) is 0 Å². The van der Waals surface area contributed by atoms with E-state index in [2.05, 4.69) is 5.10 Å². The third kappa shape index (κ3) is 4.63. The van der Waals surface area contributed by atoms with Crippen LogP contribution in [0.25, 0.3) is 11.1 Å². The molecule has 2 rings (SSSR count). The Bertz CT molecular complexity index is 609. The van der Waals surface area contributed by atoms with Gasteiger partial charge in [-0.05, 0) is 38.5 Å². The van der Waals surface area contributed by atoms with Gasteiger partial charge in [0.2, 0.25) is 0 Å². The third-order valence-electron chi connectivity index (χ3n) is 2.84. The van der Waals surface area contributed by atoms with Crippen molar-refractivity contribution in [1.29, 1.82) is 0 Å². The molecule has 5 heteroatoms. The van der Waals surface area contributed by atoms with Crippen molar-refractivity contribution in [3.05, 3.63) is 36.7 Å². The maximum Gasteiger partial charge on any atom is 0.308 e. The van der Waals surface area contributed by atoms with Crippen molar-refractivity contribution < 1.29 is 9.53 Å². The lowest BCUT2D eigenvalue weighted by atomic mass is 10.1. The fraction of sp³-hybridized carbons (Fsp3) is 0.375. The van der Waals surface area contributed by atoms with Gasteiger partial charge in [-0.25, -0.2) is 0 Å². The normalized spacial score (nSPS) is 11.4. The van der Waals surface area contributed by atoms with E-state index in [1.54, 1.807) is 10.9 Å². The number of ether oxygens (including phenoxy) is 1. The molecular formula is C16H21N3O2. The second kappa shape index (κ2) is 5.99. The highest BCUT2D eigenvalue weighted by Crippen LogP contribution is 2.19. The van der Waals surface area contributed by atoms with Gasteiger partial charge in [0.1, 0.15) is 5.60 Å². The standard InChI is InChI=1S/C16H21N3O2/c1-16(2,3)21-15(20)8-9-19-11-13(10-18-19)12-4-6-14(17)7-5-12/h4-7,10-11H,8-9,17H2,1-3H3. The van der Waals surface area contributed by atoms with Crippen LogP contribution in [0.4, 0.5) is 5.69 Å². The monoisotopic (exact) mass is 287 g/mol. The minimum absolute atomic E-state index is 0.216. The van der Waals surface area contributed by atoms with Crippen LogP contribution in [0.1, 0.15) is 27.2 Å². The average molecular weight is 287 g/mol. The van der Waals surface area contributed by atoms with Crippen molar-refractivity contribution >= 4 is 11.7 Å². The van der Waals surface area contributed by atoms with E-state index in [9.17, 15) is 4.79 Å². The summed E-state index contributed by atoms with van der Waals surface area (Å²) in [5.41, 5.74) is 8.00. The molecule has 1 aromatic heterocycles. The lowest BCUT2D eigenvalue weighted by molar-refractivity contribution is -0.155. The molecule has 2 N–H and O–H groups in total. The molecular weight excluding hydrogens is 266 g/mol. The van der Waals surface area contributed by atoms with E-state index in [4.69, 9.17) is 10.5 Å². The molecule has 1 aromatic carbocycles. The molecule has 0 saturated carbocycles. The van der Waals surface area contributed by atoms with Gasteiger partial charge in [-0.3, -0.25) is 9.48 Å². The maximum atomic E-state index is 11.7. The number of aryl methyl sites for hydroxylation is 1. The largest absolute Gasteiger partial charge is 0.460 e. The van der Waals surface area contributed by atoms with Crippen molar-refractivity contribution in [2.45, 2.75) is 39.3 Å². The molecule has 112 valence electrons. The molecule has 1 heterocycles. The number of anilines is 1. The summed E-state index contributed by atoms with van der Waals surface area (Å²) in [7, 11) is 0. The maximum absolute atomic E-state index is 11.7. The van der Waals surface area contributed by atoms with Crippen LogP contribution >= 0.6 is 0 Å². The molecule has 21 heavy (non-hydrogen) atoms. The summed E-state index contributed by atoms with van der Waals surface area (Å²) in [6.45, 7) is 6.08. The number of rotatable bonds is 4. The Morgan fingerprint density at radius 3 is 2.52 bits per heavy atom. The fourth-order valence-electron chi connectivity index (χ4n) is 1.91. The first-order valence-electron chi connectivity index (χ1n) is 6.94. The van der Waals surface area contributed by atoms with E-state index >= 15 is 0 Å². The number of benzene rings is 1. The summed E-state index contributed by atoms with van der Waals surface area (Å²) in [4.78, 5) is 11.7. The Hall–Kier alpha value is -2.30. The SMILES string of the molecule is CC(C)(C)OC(=O)CCn1cc(-c2ccc(N)cc2)cn1. The summed E-state index contributed by atoms with van der Waals surface area (Å²) in [5.74, 6) is -0.216. The van der Waals surface area contributed by atoms with Crippen molar-refractivity contribution in [1.82, 2.24) is 9.78 Å². The Balaban J connectivity index is 1.94. The Morgan fingerprint density at radius 2 is 1.90 bits per heavy atom. The van der Waals surface area contributed by atoms with Crippen molar-refractivity contribution in [3.8, 4) is 11.1 Å². The van der Waals surface area contributed by atoms with Crippen LogP contribution in [-0.4, -0.2) is 21.4 Å². The predicted molar refractivity (Wildman–Crippen MR) is 82.5 cm³/mol. The molecule has 2 aromatic rings. The second-order valence-corrected chi connectivity index (χ2v) is 5.95. The van der Waals surface area contributed by atoms with Gasteiger partial charge >= 0.3 is 5.97 Å². The number of aromatic nitrogens is 2. The van der Waals surface area contributed by atoms with E-state index in [0.29, 0.717) is 13.0 Å². The van der Waals surface area contributed by atoms with Gasteiger partial charge in [0.25, 0.3) is 0 Å². The minimum Gasteiger partial charge on any atom is -0.460 e. The van der Waals surface area contributed by atoms with Gasteiger partial charge in [0, 0.05) is 17.4 Å². The molecule has 0 bridgehead atoms. The Labute approximate surface area is 124 Å². The quantitative estimate of drug-likeness (QED) is 0.693. The number of hydrogen-bond acceptors (Lipinski definition) is 4. The minimum atomic E-state index is -0.448. The molecule has 0 atom stereocenters. The summed E-state index contributed by atoms with van der Waals surface area (Å²) in [5, 5.41) is 4.26. The lowest BCUT2D eigenvalue weighted by Crippen LogP contribution is -2.24. The molecule has 5 nitrogen and oxygen atoms in total. The molecule has 0 fully saturated rings. The first kappa shape index (κ1) is 15.1. The summed E-state index contributed by atoms with van der Waals surface area (Å²) in [6, 6.07) is 7.61. The molecule has 0 saturated heterocycles. The third-order valence-corrected chi connectivity index (χ3v) is 2.84. The number of nitrogen functional groups attached to an aromatic ring is 1. The van der Waals surface area contributed by atoms with E-state index in [1.807, 2.05) is 51.2 Å². The zero-order chi connectivity index (χ0) is 15.5. The first-order valence-corrected chi connectivity index (χ1v) is 6.94. The van der Waals surface area contributed by atoms with Crippen LogP contribution in [0.3, 0.4) is 0 Å². The van der Waals surface area contributed by atoms with Gasteiger partial charge in [0.15, 0.2) is 0 Å². The van der Waals surface area contributed by atoms with Crippen LogP contribution in [0.5, 0.6) is 0 Å². The van der Waals surface area contributed by atoms with Gasteiger partial charge < -0.3 is 10.5 Å². The predicted octanol–water partition coefficient (Wildman–Crippen LogP) is 2.86. The van der Waals surface area contributed by atoms with Crippen LogP contribution in [0.2, 0.25) is 0 Å². The topological polar surface area (TPSA) is 70.1 Å². The average Bonchev–Trinajstić information content (AvgIpc) is 2.84. The van der Waals surface area contributed by atoms with Crippen LogP contribution < -0.4 is 5.73 Å². The highest BCUT2D eigenvalue weighted by Gasteiger charge is 2.16. The first-order chi connectivity index (χ1) is 9.83. The van der Waals surface area contributed by atoms with E-state index < -0.39 is 5.60 Å². The fourth-order valence-corrected chi connectivity index (χ4v) is 1.91. The van der Waals surface area contributed by atoms with E-state index in [0.717, 1.165) is 16.8 Å². The highest BCUT2D eigenvalue weighted by molar-refractivity contribution is 5.69. The van der Waals surface area contributed by atoms with E-state index in [1.165, 1.54) is 0 Å². The second-order valence-electron chi connectivity index (χ2n) is 5.95. The molecule has 0 aliphatic carbocycles. The molecule has 0 unspecified atom stereocenters. The molecule has 0 amide bonds. The Morgan fingerprint density at radius 1 is 1.24 bits per heavy atom. The summed E-state index contributed by atoms with van der Waals surface area (Å²) >= 11 is 0. The van der Waals surface area contributed by atoms with Gasteiger partial charge in [-0.2, -0.15) is 5.10 Å². The number of carbonyl (C=O) groups excluding carboxylic acids is 1. The van der Waals surface area contributed by atoms with Crippen molar-refractivity contribution in [3.63, 3.8) is 0 Å². The highest BCUT2D eigenvalue weighted by atomic mass is 16.6.